The Labute approximate surface area is 198 Å². The van der Waals surface area contributed by atoms with Gasteiger partial charge >= 0.3 is 6.03 Å². The SMILES string of the molecule is CSCC[C@H](NC(=O)N1CC2CC(C1)c1cccc(=O)n1C2)C(=O)Nc1cc(C)ccc1C. The number of hydrogen-bond acceptors (Lipinski definition) is 4. The molecule has 0 saturated carbocycles. The number of rotatable bonds is 6. The molecule has 33 heavy (non-hydrogen) atoms. The summed E-state index contributed by atoms with van der Waals surface area (Å²) in [6.45, 7) is 5.73. The molecule has 1 saturated heterocycles. The highest BCUT2D eigenvalue weighted by molar-refractivity contribution is 7.98. The highest BCUT2D eigenvalue weighted by Gasteiger charge is 2.37. The summed E-state index contributed by atoms with van der Waals surface area (Å²) in [6, 6.07) is 10.5. The van der Waals surface area contributed by atoms with Gasteiger partial charge in [-0.3, -0.25) is 9.59 Å². The number of benzene rings is 1. The fraction of sp³-hybridized carbons (Fsp3) is 0.480. The molecular formula is C25H32N4O3S. The van der Waals surface area contributed by atoms with Crippen molar-refractivity contribution in [1.29, 1.82) is 0 Å². The van der Waals surface area contributed by atoms with Crippen LogP contribution in [0.15, 0.2) is 41.2 Å². The maximum absolute atomic E-state index is 13.2. The van der Waals surface area contributed by atoms with Crippen molar-refractivity contribution in [2.24, 2.45) is 5.92 Å². The zero-order valence-corrected chi connectivity index (χ0v) is 20.3. The summed E-state index contributed by atoms with van der Waals surface area (Å²) in [5, 5.41) is 6.00. The normalized spacial score (nSPS) is 20.0. The highest BCUT2D eigenvalue weighted by atomic mass is 32.2. The van der Waals surface area contributed by atoms with E-state index in [1.54, 1.807) is 23.9 Å². The lowest BCUT2D eigenvalue weighted by molar-refractivity contribution is -0.118. The average Bonchev–Trinajstić information content (AvgIpc) is 2.79. The number of amides is 3. The standard InChI is InChI=1S/C25H32N4O3S/c1-16-7-8-17(2)21(11-16)26-24(31)20(9-10-33-3)27-25(32)28-13-18-12-19(15-28)22-5-4-6-23(30)29(22)14-18/h4-8,11,18-20H,9-10,12-15H2,1-3H3,(H,26,31)(H,27,32)/t18?,19?,20-/m0/s1. The van der Waals surface area contributed by atoms with Crippen molar-refractivity contribution in [3.05, 3.63) is 63.6 Å². The summed E-state index contributed by atoms with van der Waals surface area (Å²) in [4.78, 5) is 40.4. The Kier molecular flexibility index (Phi) is 7.12. The van der Waals surface area contributed by atoms with Gasteiger partial charge < -0.3 is 20.1 Å². The maximum Gasteiger partial charge on any atom is 0.318 e. The average molecular weight is 469 g/mol. The van der Waals surface area contributed by atoms with Crippen LogP contribution in [0.3, 0.4) is 0 Å². The molecule has 176 valence electrons. The number of anilines is 1. The second-order valence-electron chi connectivity index (χ2n) is 9.19. The van der Waals surface area contributed by atoms with Gasteiger partial charge in [0.1, 0.15) is 6.04 Å². The molecule has 7 nitrogen and oxygen atoms in total. The lowest BCUT2D eigenvalue weighted by Crippen LogP contribution is -2.55. The van der Waals surface area contributed by atoms with Crippen molar-refractivity contribution >= 4 is 29.4 Å². The van der Waals surface area contributed by atoms with Gasteiger partial charge in [0.05, 0.1) is 0 Å². The molecule has 3 amide bonds. The van der Waals surface area contributed by atoms with Crippen molar-refractivity contribution < 1.29 is 9.59 Å². The summed E-state index contributed by atoms with van der Waals surface area (Å²) >= 11 is 1.65. The minimum Gasteiger partial charge on any atom is -0.326 e. The van der Waals surface area contributed by atoms with E-state index in [1.165, 1.54) is 0 Å². The number of aryl methyl sites for hydroxylation is 2. The zero-order valence-electron chi connectivity index (χ0n) is 19.5. The number of aromatic nitrogens is 1. The molecule has 1 fully saturated rings. The van der Waals surface area contributed by atoms with Crippen molar-refractivity contribution in [1.82, 2.24) is 14.8 Å². The van der Waals surface area contributed by atoms with Crippen molar-refractivity contribution in [2.45, 2.75) is 45.2 Å². The van der Waals surface area contributed by atoms with Crippen LogP contribution in [0.25, 0.3) is 0 Å². The molecule has 2 aromatic rings. The van der Waals surface area contributed by atoms with Crippen LogP contribution in [-0.2, 0) is 11.3 Å². The largest absolute Gasteiger partial charge is 0.326 e. The number of pyridine rings is 1. The van der Waals surface area contributed by atoms with Crippen LogP contribution in [-0.4, -0.2) is 52.5 Å². The first-order valence-electron chi connectivity index (χ1n) is 11.5. The Morgan fingerprint density at radius 1 is 1.15 bits per heavy atom. The van der Waals surface area contributed by atoms with Gasteiger partial charge in [-0.2, -0.15) is 11.8 Å². The van der Waals surface area contributed by atoms with E-state index in [-0.39, 0.29) is 29.3 Å². The van der Waals surface area contributed by atoms with Gasteiger partial charge in [-0.25, -0.2) is 4.79 Å². The molecule has 1 aromatic heterocycles. The van der Waals surface area contributed by atoms with Crippen molar-refractivity contribution in [3.8, 4) is 0 Å². The molecule has 0 aliphatic carbocycles. The van der Waals surface area contributed by atoms with E-state index in [9.17, 15) is 14.4 Å². The number of carbonyl (C=O) groups excluding carboxylic acids is 2. The Hall–Kier alpha value is -2.74. The number of piperidine rings is 1. The minimum atomic E-state index is -0.610. The van der Waals surface area contributed by atoms with Crippen LogP contribution in [0.1, 0.15) is 35.6 Å². The number of likely N-dealkylation sites (tertiary alicyclic amines) is 1. The summed E-state index contributed by atoms with van der Waals surface area (Å²) in [6.07, 6.45) is 3.53. The molecule has 2 aliphatic heterocycles. The molecule has 3 atom stereocenters. The third-order valence-corrected chi connectivity index (χ3v) is 7.29. The topological polar surface area (TPSA) is 83.4 Å². The van der Waals surface area contributed by atoms with Crippen LogP contribution >= 0.6 is 11.8 Å². The molecule has 2 unspecified atom stereocenters. The number of carbonyl (C=O) groups is 2. The molecule has 1 aromatic carbocycles. The van der Waals surface area contributed by atoms with Crippen LogP contribution < -0.4 is 16.2 Å². The molecule has 0 radical (unpaired) electrons. The fourth-order valence-corrected chi connectivity index (χ4v) is 5.37. The van der Waals surface area contributed by atoms with E-state index in [4.69, 9.17) is 0 Å². The molecule has 3 heterocycles. The number of nitrogens with zero attached hydrogens (tertiary/aromatic N) is 2. The van der Waals surface area contributed by atoms with Gasteiger partial charge in [0, 0.05) is 43.0 Å². The monoisotopic (exact) mass is 468 g/mol. The number of urea groups is 1. The fourth-order valence-electron chi connectivity index (χ4n) is 4.90. The maximum atomic E-state index is 13.2. The Balaban J connectivity index is 1.46. The Bertz CT molecular complexity index is 1100. The molecular weight excluding hydrogens is 436 g/mol. The molecule has 2 aliphatic rings. The first-order chi connectivity index (χ1) is 15.9. The first-order valence-corrected chi connectivity index (χ1v) is 12.9. The summed E-state index contributed by atoms with van der Waals surface area (Å²) < 4.78 is 1.85. The zero-order chi connectivity index (χ0) is 23.5. The molecule has 2 bridgehead atoms. The van der Waals surface area contributed by atoms with Crippen molar-refractivity contribution in [3.63, 3.8) is 0 Å². The van der Waals surface area contributed by atoms with Crippen LogP contribution in [0.2, 0.25) is 0 Å². The first kappa shape index (κ1) is 23.4. The van der Waals surface area contributed by atoms with E-state index >= 15 is 0 Å². The number of thioether (sulfide) groups is 1. The summed E-state index contributed by atoms with van der Waals surface area (Å²) in [7, 11) is 0. The molecule has 2 N–H and O–H groups in total. The second kappa shape index (κ2) is 10.0. The predicted octanol–water partition coefficient (Wildman–Crippen LogP) is 3.35. The van der Waals surface area contributed by atoms with Gasteiger partial charge in [-0.05, 0) is 67.9 Å². The minimum absolute atomic E-state index is 0.0281. The van der Waals surface area contributed by atoms with E-state index in [0.29, 0.717) is 26.1 Å². The van der Waals surface area contributed by atoms with E-state index in [0.717, 1.165) is 34.7 Å². The number of hydrogen-bond donors (Lipinski definition) is 2. The highest BCUT2D eigenvalue weighted by Crippen LogP contribution is 2.34. The van der Waals surface area contributed by atoms with Crippen LogP contribution in [0.4, 0.5) is 10.5 Å². The van der Waals surface area contributed by atoms with Gasteiger partial charge in [0.15, 0.2) is 0 Å². The number of nitrogens with one attached hydrogen (secondary N) is 2. The van der Waals surface area contributed by atoms with E-state index < -0.39 is 6.04 Å². The van der Waals surface area contributed by atoms with E-state index in [2.05, 4.69) is 10.6 Å². The lowest BCUT2D eigenvalue weighted by Gasteiger charge is -2.43. The smallest absolute Gasteiger partial charge is 0.318 e. The molecule has 0 spiro atoms. The van der Waals surface area contributed by atoms with Gasteiger partial charge in [-0.1, -0.05) is 18.2 Å². The van der Waals surface area contributed by atoms with Crippen LogP contribution in [0.5, 0.6) is 0 Å². The molecule has 8 heteroatoms. The van der Waals surface area contributed by atoms with Gasteiger partial charge in [-0.15, -0.1) is 0 Å². The summed E-state index contributed by atoms with van der Waals surface area (Å²) in [5.41, 5.74) is 3.86. The third-order valence-electron chi connectivity index (χ3n) is 6.64. The lowest BCUT2D eigenvalue weighted by atomic mass is 9.83. The van der Waals surface area contributed by atoms with Gasteiger partial charge in [0.25, 0.3) is 5.56 Å². The summed E-state index contributed by atoms with van der Waals surface area (Å²) in [5.74, 6) is 0.966. The Morgan fingerprint density at radius 3 is 2.76 bits per heavy atom. The predicted molar refractivity (Wildman–Crippen MR) is 133 cm³/mol. The second-order valence-corrected chi connectivity index (χ2v) is 10.2. The quantitative estimate of drug-likeness (QED) is 0.681. The van der Waals surface area contributed by atoms with Crippen LogP contribution in [0, 0.1) is 19.8 Å². The van der Waals surface area contributed by atoms with Crippen molar-refractivity contribution in [2.75, 3.05) is 30.4 Å². The Morgan fingerprint density at radius 2 is 1.97 bits per heavy atom. The number of fused-ring (bicyclic) bond motifs is 4. The third kappa shape index (κ3) is 5.27. The van der Waals surface area contributed by atoms with E-state index in [1.807, 2.05) is 53.8 Å². The molecule has 4 rings (SSSR count). The van der Waals surface area contributed by atoms with Gasteiger partial charge in [0.2, 0.25) is 5.91 Å².